The van der Waals surface area contributed by atoms with Gasteiger partial charge in [0.05, 0.1) is 0 Å². The highest BCUT2D eigenvalue weighted by molar-refractivity contribution is 8.13. The number of rotatable bonds is 1. The van der Waals surface area contributed by atoms with Crippen molar-refractivity contribution in [1.29, 1.82) is 0 Å². The molecule has 1 N–H and O–H groups in total. The Balaban J connectivity index is 1.58. The van der Waals surface area contributed by atoms with Crippen LogP contribution in [0.15, 0.2) is 4.99 Å². The van der Waals surface area contributed by atoms with E-state index in [0.717, 1.165) is 18.4 Å². The number of hydrogen-bond donors (Lipinski definition) is 1. The van der Waals surface area contributed by atoms with E-state index in [1.807, 2.05) is 11.8 Å². The molecule has 3 atom stereocenters. The molecule has 20 heavy (non-hydrogen) atoms. The van der Waals surface area contributed by atoms with Gasteiger partial charge in [-0.1, -0.05) is 32.5 Å². The summed E-state index contributed by atoms with van der Waals surface area (Å²) in [6, 6.07) is 0. The number of nitrogens with one attached hydrogen (secondary N) is 1. The molecule has 0 aromatic rings. The fourth-order valence-electron chi connectivity index (χ4n) is 6.45. The first-order valence-electron chi connectivity index (χ1n) is 8.33. The zero-order chi connectivity index (χ0) is 14.0. The first-order chi connectivity index (χ1) is 9.38. The minimum absolute atomic E-state index is 0.370. The van der Waals surface area contributed by atoms with Gasteiger partial charge in [0, 0.05) is 17.8 Å². The Morgan fingerprint density at radius 3 is 2.35 bits per heavy atom. The lowest BCUT2D eigenvalue weighted by molar-refractivity contribution is -0.111. The summed E-state index contributed by atoms with van der Waals surface area (Å²) in [4.78, 5) is 4.80. The lowest BCUT2D eigenvalue weighted by Crippen LogP contribution is -2.65. The maximum atomic E-state index is 4.80. The molecular formula is C17H28N2S. The van der Waals surface area contributed by atoms with E-state index < -0.39 is 0 Å². The summed E-state index contributed by atoms with van der Waals surface area (Å²) in [7, 11) is 0. The quantitative estimate of drug-likeness (QED) is 0.788. The molecule has 0 aromatic carbocycles. The molecule has 3 unspecified atom stereocenters. The Bertz CT molecular complexity index is 440. The Labute approximate surface area is 127 Å². The molecule has 0 radical (unpaired) electrons. The van der Waals surface area contributed by atoms with Gasteiger partial charge in [-0.15, -0.1) is 0 Å². The molecule has 0 amide bonds. The third-order valence-corrected chi connectivity index (χ3v) is 7.29. The molecule has 0 aromatic heterocycles. The highest BCUT2D eigenvalue weighted by atomic mass is 32.2. The van der Waals surface area contributed by atoms with Crippen molar-refractivity contribution in [2.24, 2.45) is 27.7 Å². The zero-order valence-electron chi connectivity index (χ0n) is 13.2. The highest BCUT2D eigenvalue weighted by Gasteiger charge is 2.60. The third kappa shape index (κ3) is 2.20. The van der Waals surface area contributed by atoms with Gasteiger partial charge in [0.1, 0.15) is 0 Å². The summed E-state index contributed by atoms with van der Waals surface area (Å²) in [5.74, 6) is 2.94. The van der Waals surface area contributed by atoms with Crippen molar-refractivity contribution in [1.82, 2.24) is 5.32 Å². The minimum atomic E-state index is 0.370. The maximum Gasteiger partial charge on any atom is 0.156 e. The molecule has 112 valence electrons. The molecule has 5 rings (SSSR count). The van der Waals surface area contributed by atoms with Crippen LogP contribution in [0.25, 0.3) is 0 Å². The third-order valence-electron chi connectivity index (χ3n) is 6.05. The minimum Gasteiger partial charge on any atom is -0.359 e. The number of thioether (sulfide) groups is 1. The molecule has 2 nitrogen and oxygen atoms in total. The van der Waals surface area contributed by atoms with Crippen LogP contribution in [0.3, 0.4) is 0 Å². The summed E-state index contributed by atoms with van der Waals surface area (Å²) < 4.78 is 0. The Hall–Kier alpha value is -0.180. The second-order valence-electron chi connectivity index (χ2n) is 9.10. The Morgan fingerprint density at radius 1 is 1.10 bits per heavy atom. The second-order valence-corrected chi connectivity index (χ2v) is 10.1. The van der Waals surface area contributed by atoms with E-state index in [9.17, 15) is 0 Å². The number of hydrogen-bond acceptors (Lipinski definition) is 3. The smallest absolute Gasteiger partial charge is 0.156 e. The van der Waals surface area contributed by atoms with Crippen LogP contribution in [0.4, 0.5) is 0 Å². The number of aliphatic imine (C=N–C) groups is 1. The standard InChI is InChI=1S/C17H28N2S/c1-12-7-18-14(20-8-12)19-17-6-13-4-15(2,10-17)9-16(3,5-13)11-17/h12-13H,4-11H2,1-3H3,(H,18,19). The van der Waals surface area contributed by atoms with Gasteiger partial charge in [-0.05, 0) is 61.2 Å². The van der Waals surface area contributed by atoms with E-state index in [2.05, 4.69) is 26.1 Å². The normalized spacial score (nSPS) is 53.9. The lowest BCUT2D eigenvalue weighted by atomic mass is 9.43. The van der Waals surface area contributed by atoms with E-state index in [1.54, 1.807) is 0 Å². The van der Waals surface area contributed by atoms with Gasteiger partial charge in [0.25, 0.3) is 0 Å². The average Bonchev–Trinajstić information content (AvgIpc) is 2.27. The molecule has 1 aliphatic heterocycles. The van der Waals surface area contributed by atoms with Gasteiger partial charge in [-0.3, -0.25) is 4.99 Å². The van der Waals surface area contributed by atoms with Crippen LogP contribution in [0.2, 0.25) is 0 Å². The van der Waals surface area contributed by atoms with Crippen LogP contribution in [0.5, 0.6) is 0 Å². The van der Waals surface area contributed by atoms with Crippen LogP contribution in [-0.2, 0) is 0 Å². The van der Waals surface area contributed by atoms with Gasteiger partial charge in [-0.25, -0.2) is 0 Å². The molecule has 4 fully saturated rings. The van der Waals surface area contributed by atoms with Crippen LogP contribution < -0.4 is 5.32 Å². The monoisotopic (exact) mass is 292 g/mol. The van der Waals surface area contributed by atoms with Crippen molar-refractivity contribution < 1.29 is 0 Å². The van der Waals surface area contributed by atoms with E-state index in [4.69, 9.17) is 4.99 Å². The maximum absolute atomic E-state index is 4.80. The average molecular weight is 292 g/mol. The van der Waals surface area contributed by atoms with Crippen LogP contribution in [0, 0.1) is 22.7 Å². The van der Waals surface area contributed by atoms with Gasteiger partial charge in [-0.2, -0.15) is 0 Å². The van der Waals surface area contributed by atoms with E-state index in [-0.39, 0.29) is 0 Å². The summed E-state index contributed by atoms with van der Waals surface area (Å²) in [5, 5.41) is 5.19. The molecule has 1 heterocycles. The first kappa shape index (κ1) is 13.5. The molecule has 4 saturated carbocycles. The van der Waals surface area contributed by atoms with Crippen LogP contribution >= 0.6 is 11.8 Å². The summed E-state index contributed by atoms with van der Waals surface area (Å²) in [6.07, 6.45) is 8.55. The topological polar surface area (TPSA) is 24.4 Å². The molecule has 0 spiro atoms. The zero-order valence-corrected chi connectivity index (χ0v) is 14.0. The van der Waals surface area contributed by atoms with Crippen LogP contribution in [-0.4, -0.2) is 23.0 Å². The van der Waals surface area contributed by atoms with E-state index in [0.29, 0.717) is 16.4 Å². The van der Waals surface area contributed by atoms with Crippen molar-refractivity contribution in [3.05, 3.63) is 0 Å². The van der Waals surface area contributed by atoms with E-state index in [1.165, 1.54) is 49.4 Å². The first-order valence-corrected chi connectivity index (χ1v) is 9.32. The fourth-order valence-corrected chi connectivity index (χ4v) is 7.45. The van der Waals surface area contributed by atoms with Gasteiger partial charge >= 0.3 is 0 Å². The SMILES string of the molecule is CC1CN=C(NC23CC4CC(C)(CC(C)(C4)C2)C3)SC1. The largest absolute Gasteiger partial charge is 0.359 e. The summed E-state index contributed by atoms with van der Waals surface area (Å²) in [6.45, 7) is 8.41. The molecule has 0 saturated heterocycles. The fraction of sp³-hybridized carbons (Fsp3) is 0.941. The number of nitrogens with zero attached hydrogens (tertiary/aromatic N) is 1. The lowest BCUT2D eigenvalue weighted by Gasteiger charge is -2.65. The molecule has 3 heteroatoms. The number of amidine groups is 1. The van der Waals surface area contributed by atoms with Crippen molar-refractivity contribution in [3.63, 3.8) is 0 Å². The summed E-state index contributed by atoms with van der Waals surface area (Å²) >= 11 is 1.96. The van der Waals surface area contributed by atoms with Gasteiger partial charge < -0.3 is 5.32 Å². The molecular weight excluding hydrogens is 264 g/mol. The van der Waals surface area contributed by atoms with Crippen LogP contribution in [0.1, 0.15) is 59.3 Å². The molecule has 4 bridgehead atoms. The van der Waals surface area contributed by atoms with Gasteiger partial charge in [0.2, 0.25) is 0 Å². The predicted molar refractivity (Wildman–Crippen MR) is 87.2 cm³/mol. The van der Waals surface area contributed by atoms with Crippen molar-refractivity contribution >= 4 is 16.9 Å². The molecule has 5 aliphatic rings. The van der Waals surface area contributed by atoms with Gasteiger partial charge in [0.15, 0.2) is 5.17 Å². The van der Waals surface area contributed by atoms with Crippen molar-refractivity contribution in [3.8, 4) is 0 Å². The molecule has 4 aliphatic carbocycles. The summed E-state index contributed by atoms with van der Waals surface area (Å²) in [5.41, 5.74) is 1.55. The Kier molecular flexibility index (Phi) is 2.82. The Morgan fingerprint density at radius 2 is 1.80 bits per heavy atom. The second kappa shape index (κ2) is 4.18. The predicted octanol–water partition coefficient (Wildman–Crippen LogP) is 4.06. The van der Waals surface area contributed by atoms with Crippen molar-refractivity contribution in [2.75, 3.05) is 12.3 Å². The van der Waals surface area contributed by atoms with Crippen molar-refractivity contribution in [2.45, 2.75) is 64.8 Å². The highest BCUT2D eigenvalue weighted by Crippen LogP contribution is 2.66. The van der Waals surface area contributed by atoms with E-state index >= 15 is 0 Å².